The van der Waals surface area contributed by atoms with E-state index in [0.29, 0.717) is 28.3 Å². The number of hydrogen-bond acceptors (Lipinski definition) is 4. The predicted octanol–water partition coefficient (Wildman–Crippen LogP) is 6.74. The van der Waals surface area contributed by atoms with Gasteiger partial charge < -0.3 is 14.8 Å². The molecule has 5 rings (SSSR count). The van der Waals surface area contributed by atoms with Crippen LogP contribution in [0.25, 0.3) is 33.7 Å². The summed E-state index contributed by atoms with van der Waals surface area (Å²) in [6.45, 7) is 3.96. The van der Waals surface area contributed by atoms with Crippen molar-refractivity contribution in [3.63, 3.8) is 0 Å². The summed E-state index contributed by atoms with van der Waals surface area (Å²) in [6, 6.07) is 26.2. The summed E-state index contributed by atoms with van der Waals surface area (Å²) >= 11 is 0. The number of phenols is 1. The number of amides is 1. The molecule has 0 aliphatic carbocycles. The molecule has 0 saturated carbocycles. The number of nitrogens with one attached hydrogen (secondary N) is 1. The highest BCUT2D eigenvalue weighted by Gasteiger charge is 2.16. The van der Waals surface area contributed by atoms with Crippen molar-refractivity contribution in [1.29, 1.82) is 0 Å². The largest absolute Gasteiger partial charge is 0.507 e. The number of oxazole rings is 1. The van der Waals surface area contributed by atoms with Crippen LogP contribution in [0.1, 0.15) is 21.5 Å². The summed E-state index contributed by atoms with van der Waals surface area (Å²) < 4.78 is 5.94. The predicted molar refractivity (Wildman–Crippen MR) is 130 cm³/mol. The lowest BCUT2D eigenvalue weighted by atomic mass is 10.0. The smallest absolute Gasteiger partial charge is 0.255 e. The maximum Gasteiger partial charge on any atom is 0.255 e. The Morgan fingerprint density at radius 1 is 0.879 bits per heavy atom. The number of rotatable bonds is 4. The minimum absolute atomic E-state index is 0.0288. The Morgan fingerprint density at radius 3 is 2.36 bits per heavy atom. The van der Waals surface area contributed by atoms with Gasteiger partial charge in [0.2, 0.25) is 5.89 Å². The standard InChI is InChI=1S/C28H22N2O3/c1-17-14-18(2)26-24(15-17)30-28(33-26)23-16-22(12-13-25(23)31)29-27(32)21-10-8-20(9-11-21)19-6-4-3-5-7-19/h3-16,31H,1-2H3,(H,29,32). The molecule has 2 N–H and O–H groups in total. The minimum Gasteiger partial charge on any atom is -0.507 e. The molecule has 0 aliphatic rings. The number of aromatic hydroxyl groups is 1. The molecule has 1 heterocycles. The molecular formula is C28H22N2O3. The number of nitrogens with zero attached hydrogens (tertiary/aromatic N) is 1. The molecule has 162 valence electrons. The number of benzene rings is 4. The summed E-state index contributed by atoms with van der Waals surface area (Å²) in [5.41, 5.74) is 7.11. The number of hydrogen-bond donors (Lipinski definition) is 2. The van der Waals surface area contributed by atoms with Crippen LogP contribution in [0.3, 0.4) is 0 Å². The highest BCUT2D eigenvalue weighted by molar-refractivity contribution is 6.04. The van der Waals surface area contributed by atoms with Crippen molar-refractivity contribution in [2.24, 2.45) is 0 Å². The van der Waals surface area contributed by atoms with Crippen LogP contribution in [0.2, 0.25) is 0 Å². The fraction of sp³-hybridized carbons (Fsp3) is 0.0714. The second-order valence-corrected chi connectivity index (χ2v) is 8.08. The summed E-state index contributed by atoms with van der Waals surface area (Å²) in [7, 11) is 0. The molecule has 0 unspecified atom stereocenters. The van der Waals surface area contributed by atoms with Gasteiger partial charge in [0.05, 0.1) is 5.56 Å². The van der Waals surface area contributed by atoms with Crippen molar-refractivity contribution in [2.45, 2.75) is 13.8 Å². The van der Waals surface area contributed by atoms with E-state index in [-0.39, 0.29) is 11.7 Å². The normalized spacial score (nSPS) is 11.0. The van der Waals surface area contributed by atoms with Crippen molar-refractivity contribution in [2.75, 3.05) is 5.32 Å². The third-order valence-electron chi connectivity index (χ3n) is 5.56. The van der Waals surface area contributed by atoms with Crippen LogP contribution in [0, 0.1) is 13.8 Å². The SMILES string of the molecule is Cc1cc(C)c2oc(-c3cc(NC(=O)c4ccc(-c5ccccc5)cc4)ccc3O)nc2c1. The number of carbonyl (C=O) groups is 1. The minimum atomic E-state index is -0.240. The van der Waals surface area contributed by atoms with Gasteiger partial charge in [-0.05, 0) is 72.5 Å². The molecular weight excluding hydrogens is 412 g/mol. The Labute approximate surface area is 191 Å². The fourth-order valence-electron chi connectivity index (χ4n) is 3.92. The number of phenolic OH excluding ortho intramolecular Hbond substituents is 1. The molecule has 1 amide bonds. The van der Waals surface area contributed by atoms with E-state index in [1.165, 1.54) is 6.07 Å². The van der Waals surface area contributed by atoms with Crippen LogP contribution in [0.5, 0.6) is 5.75 Å². The first kappa shape index (κ1) is 20.5. The van der Waals surface area contributed by atoms with Crippen LogP contribution >= 0.6 is 0 Å². The van der Waals surface area contributed by atoms with Crippen LogP contribution in [0.15, 0.2) is 89.3 Å². The quantitative estimate of drug-likeness (QED) is 0.307. The lowest BCUT2D eigenvalue weighted by Gasteiger charge is -2.08. The lowest BCUT2D eigenvalue weighted by molar-refractivity contribution is 0.102. The Balaban J connectivity index is 1.40. The monoisotopic (exact) mass is 434 g/mol. The molecule has 0 atom stereocenters. The van der Waals surface area contributed by atoms with Gasteiger partial charge in [0.1, 0.15) is 11.3 Å². The Hall–Kier alpha value is -4.38. The van der Waals surface area contributed by atoms with Gasteiger partial charge in [-0.3, -0.25) is 4.79 Å². The molecule has 4 aromatic carbocycles. The van der Waals surface area contributed by atoms with Gasteiger partial charge in [-0.25, -0.2) is 4.98 Å². The van der Waals surface area contributed by atoms with Gasteiger partial charge in [-0.15, -0.1) is 0 Å². The number of aromatic nitrogens is 1. The van der Waals surface area contributed by atoms with E-state index in [4.69, 9.17) is 4.42 Å². The molecule has 5 nitrogen and oxygen atoms in total. The third-order valence-corrected chi connectivity index (χ3v) is 5.56. The van der Waals surface area contributed by atoms with E-state index >= 15 is 0 Å². The summed E-state index contributed by atoms with van der Waals surface area (Å²) in [5.74, 6) is 0.0935. The molecule has 5 aromatic rings. The Morgan fingerprint density at radius 2 is 1.61 bits per heavy atom. The first-order valence-electron chi connectivity index (χ1n) is 10.7. The van der Waals surface area contributed by atoms with Crippen LogP contribution < -0.4 is 5.32 Å². The number of carbonyl (C=O) groups excluding carboxylic acids is 1. The third kappa shape index (κ3) is 4.08. The molecule has 0 radical (unpaired) electrons. The molecule has 0 saturated heterocycles. The summed E-state index contributed by atoms with van der Waals surface area (Å²) in [5, 5.41) is 13.3. The van der Waals surface area contributed by atoms with Crippen LogP contribution in [-0.4, -0.2) is 16.0 Å². The summed E-state index contributed by atoms with van der Waals surface area (Å²) in [6.07, 6.45) is 0. The molecule has 33 heavy (non-hydrogen) atoms. The van der Waals surface area contributed by atoms with E-state index in [1.807, 2.05) is 68.4 Å². The van der Waals surface area contributed by atoms with Gasteiger partial charge >= 0.3 is 0 Å². The van der Waals surface area contributed by atoms with E-state index in [1.54, 1.807) is 24.3 Å². The highest BCUT2D eigenvalue weighted by Crippen LogP contribution is 2.34. The highest BCUT2D eigenvalue weighted by atomic mass is 16.3. The van der Waals surface area contributed by atoms with Gasteiger partial charge in [0, 0.05) is 11.3 Å². The molecule has 1 aromatic heterocycles. The number of aryl methyl sites for hydroxylation is 2. The fourth-order valence-corrected chi connectivity index (χ4v) is 3.92. The molecule has 0 aliphatic heterocycles. The van der Waals surface area contributed by atoms with E-state index in [0.717, 1.165) is 27.8 Å². The van der Waals surface area contributed by atoms with E-state index < -0.39 is 0 Å². The zero-order valence-electron chi connectivity index (χ0n) is 18.3. The average molecular weight is 434 g/mol. The zero-order valence-corrected chi connectivity index (χ0v) is 18.3. The van der Waals surface area contributed by atoms with Crippen LogP contribution in [0.4, 0.5) is 5.69 Å². The lowest BCUT2D eigenvalue weighted by Crippen LogP contribution is -2.11. The number of anilines is 1. The Bertz CT molecular complexity index is 1470. The second kappa shape index (κ2) is 8.28. The van der Waals surface area contributed by atoms with E-state index in [9.17, 15) is 9.90 Å². The van der Waals surface area contributed by atoms with Gasteiger partial charge in [0.25, 0.3) is 5.91 Å². The van der Waals surface area contributed by atoms with Crippen molar-refractivity contribution in [3.05, 3.63) is 102 Å². The maximum absolute atomic E-state index is 12.8. The first-order valence-corrected chi connectivity index (χ1v) is 10.7. The summed E-state index contributed by atoms with van der Waals surface area (Å²) in [4.78, 5) is 17.3. The Kier molecular flexibility index (Phi) is 5.15. The van der Waals surface area contributed by atoms with Gasteiger partial charge in [0.15, 0.2) is 5.58 Å². The van der Waals surface area contributed by atoms with Crippen molar-refractivity contribution >= 4 is 22.7 Å². The van der Waals surface area contributed by atoms with Crippen molar-refractivity contribution in [1.82, 2.24) is 4.98 Å². The average Bonchev–Trinajstić information content (AvgIpc) is 3.25. The van der Waals surface area contributed by atoms with Gasteiger partial charge in [-0.1, -0.05) is 48.5 Å². The van der Waals surface area contributed by atoms with Gasteiger partial charge in [-0.2, -0.15) is 0 Å². The topological polar surface area (TPSA) is 75.4 Å². The zero-order chi connectivity index (χ0) is 22.9. The van der Waals surface area contributed by atoms with Crippen LogP contribution in [-0.2, 0) is 0 Å². The first-order chi connectivity index (χ1) is 16.0. The molecule has 0 spiro atoms. The molecule has 5 heteroatoms. The number of fused-ring (bicyclic) bond motifs is 1. The van der Waals surface area contributed by atoms with Crippen molar-refractivity contribution < 1.29 is 14.3 Å². The second-order valence-electron chi connectivity index (χ2n) is 8.08. The van der Waals surface area contributed by atoms with Crippen molar-refractivity contribution in [3.8, 4) is 28.3 Å². The molecule has 0 fully saturated rings. The molecule has 0 bridgehead atoms. The van der Waals surface area contributed by atoms with E-state index in [2.05, 4.69) is 10.3 Å². The maximum atomic E-state index is 12.8.